The molecule has 1 aliphatic heterocycles. The van der Waals surface area contributed by atoms with E-state index in [4.69, 9.17) is 9.47 Å². The van der Waals surface area contributed by atoms with Crippen LogP contribution in [0, 0.1) is 0 Å². The zero-order valence-electron chi connectivity index (χ0n) is 19.0. The summed E-state index contributed by atoms with van der Waals surface area (Å²) in [5.74, 6) is 1.02. The fourth-order valence-corrected chi connectivity index (χ4v) is 4.78. The molecule has 0 saturated carbocycles. The van der Waals surface area contributed by atoms with Crippen LogP contribution in [0.5, 0.6) is 11.5 Å². The molecule has 5 heteroatoms. The summed E-state index contributed by atoms with van der Waals surface area (Å²) in [6.07, 6.45) is 3.22. The third-order valence-corrected chi connectivity index (χ3v) is 6.53. The Morgan fingerprint density at radius 3 is 2.55 bits per heavy atom. The van der Waals surface area contributed by atoms with Gasteiger partial charge in [0.05, 0.1) is 7.11 Å². The van der Waals surface area contributed by atoms with E-state index in [1.165, 1.54) is 34.9 Å². The molecule has 0 spiro atoms. The predicted octanol–water partition coefficient (Wildman–Crippen LogP) is 4.86. The minimum atomic E-state index is -0.401. The first-order valence-corrected chi connectivity index (χ1v) is 11.5. The van der Waals surface area contributed by atoms with E-state index in [9.17, 15) is 4.79 Å². The highest BCUT2D eigenvalue weighted by Gasteiger charge is 2.25. The van der Waals surface area contributed by atoms with Crippen LogP contribution in [0.2, 0.25) is 0 Å². The third-order valence-electron chi connectivity index (χ3n) is 6.53. The van der Waals surface area contributed by atoms with Crippen LogP contribution in [0.1, 0.15) is 40.3 Å². The lowest BCUT2D eigenvalue weighted by Gasteiger charge is -2.29. The van der Waals surface area contributed by atoms with Crippen LogP contribution in [-0.2, 0) is 35.5 Å². The van der Waals surface area contributed by atoms with Crippen LogP contribution in [0.25, 0.3) is 0 Å². The first-order chi connectivity index (χ1) is 16.2. The standard InChI is InChI=1S/C28H29NO4/c1-31-28(30)19-32-24-8-10-25(11-9-24)33-27-13-7-22-16-20(6-12-26(22)27)17-29-15-14-21-4-2-3-5-23(21)18-29/h2-6,8-12,16,27H,7,13-15,17-19H2,1H3/t27-/m1/s1. The second-order valence-corrected chi connectivity index (χ2v) is 8.74. The van der Waals surface area contributed by atoms with Crippen molar-refractivity contribution in [2.45, 2.75) is 38.5 Å². The Bertz CT molecular complexity index is 1120. The monoisotopic (exact) mass is 443 g/mol. The van der Waals surface area contributed by atoms with Gasteiger partial charge in [0, 0.05) is 19.6 Å². The van der Waals surface area contributed by atoms with Crippen molar-refractivity contribution in [2.24, 2.45) is 0 Å². The number of hydrogen-bond acceptors (Lipinski definition) is 5. The quantitative estimate of drug-likeness (QED) is 0.488. The fourth-order valence-electron chi connectivity index (χ4n) is 4.78. The summed E-state index contributed by atoms with van der Waals surface area (Å²) in [6, 6.07) is 23.0. The largest absolute Gasteiger partial charge is 0.486 e. The Hall–Kier alpha value is -3.31. The highest BCUT2D eigenvalue weighted by atomic mass is 16.6. The molecule has 5 nitrogen and oxygen atoms in total. The van der Waals surface area contributed by atoms with Gasteiger partial charge in [0.25, 0.3) is 0 Å². The number of methoxy groups -OCH3 is 1. The molecule has 0 fully saturated rings. The maximum atomic E-state index is 11.2. The van der Waals surface area contributed by atoms with Gasteiger partial charge in [-0.05, 0) is 71.3 Å². The molecular weight excluding hydrogens is 414 g/mol. The topological polar surface area (TPSA) is 48.0 Å². The first-order valence-electron chi connectivity index (χ1n) is 11.5. The number of carbonyl (C=O) groups is 1. The highest BCUT2D eigenvalue weighted by molar-refractivity contribution is 5.70. The molecule has 3 aromatic rings. The van der Waals surface area contributed by atoms with Gasteiger partial charge < -0.3 is 14.2 Å². The van der Waals surface area contributed by atoms with Crippen molar-refractivity contribution in [2.75, 3.05) is 20.3 Å². The van der Waals surface area contributed by atoms with Crippen LogP contribution in [0.3, 0.4) is 0 Å². The van der Waals surface area contributed by atoms with Crippen molar-refractivity contribution in [3.05, 3.63) is 94.5 Å². The molecule has 3 aromatic carbocycles. The summed E-state index contributed by atoms with van der Waals surface area (Å²) in [5, 5.41) is 0. The Morgan fingerprint density at radius 1 is 0.939 bits per heavy atom. The number of fused-ring (bicyclic) bond motifs is 2. The SMILES string of the molecule is COC(=O)COc1ccc(O[C@@H]2CCc3cc(CN4CCc5ccccc5C4)ccc32)cc1. The van der Waals surface area contributed by atoms with Crippen LogP contribution in [-0.4, -0.2) is 31.1 Å². The molecule has 1 atom stereocenters. The molecule has 1 heterocycles. The van der Waals surface area contributed by atoms with Gasteiger partial charge in [-0.2, -0.15) is 0 Å². The maximum absolute atomic E-state index is 11.2. The van der Waals surface area contributed by atoms with Crippen molar-refractivity contribution >= 4 is 5.97 Å². The fraction of sp³-hybridized carbons (Fsp3) is 0.321. The lowest BCUT2D eigenvalue weighted by atomic mass is 9.99. The number of carbonyl (C=O) groups excluding carboxylic acids is 1. The van der Waals surface area contributed by atoms with Gasteiger partial charge in [0.2, 0.25) is 0 Å². The molecule has 0 amide bonds. The van der Waals surface area contributed by atoms with E-state index in [2.05, 4.69) is 52.1 Å². The van der Waals surface area contributed by atoms with Gasteiger partial charge in [-0.25, -0.2) is 4.79 Å². The van der Waals surface area contributed by atoms with E-state index in [0.29, 0.717) is 5.75 Å². The van der Waals surface area contributed by atoms with Gasteiger partial charge >= 0.3 is 5.97 Å². The van der Waals surface area contributed by atoms with Crippen molar-refractivity contribution in [3.63, 3.8) is 0 Å². The molecule has 0 aromatic heterocycles. The van der Waals surface area contributed by atoms with E-state index in [1.807, 2.05) is 24.3 Å². The number of ether oxygens (including phenoxy) is 3. The van der Waals surface area contributed by atoms with Crippen LogP contribution in [0.15, 0.2) is 66.7 Å². The average molecular weight is 444 g/mol. The van der Waals surface area contributed by atoms with E-state index < -0.39 is 5.97 Å². The van der Waals surface area contributed by atoms with Crippen LogP contribution in [0.4, 0.5) is 0 Å². The van der Waals surface area contributed by atoms with Crippen molar-refractivity contribution < 1.29 is 19.0 Å². The van der Waals surface area contributed by atoms with Crippen molar-refractivity contribution in [3.8, 4) is 11.5 Å². The first kappa shape index (κ1) is 21.5. The molecule has 2 aliphatic rings. The van der Waals surface area contributed by atoms with Crippen molar-refractivity contribution in [1.82, 2.24) is 4.90 Å². The van der Waals surface area contributed by atoms with E-state index in [0.717, 1.165) is 44.6 Å². The second-order valence-electron chi connectivity index (χ2n) is 8.74. The van der Waals surface area contributed by atoms with Crippen LogP contribution < -0.4 is 9.47 Å². The molecule has 5 rings (SSSR count). The zero-order chi connectivity index (χ0) is 22.6. The number of rotatable bonds is 7. The number of aryl methyl sites for hydroxylation is 1. The third kappa shape index (κ3) is 5.04. The summed E-state index contributed by atoms with van der Waals surface area (Å²) in [5.41, 5.74) is 7.01. The summed E-state index contributed by atoms with van der Waals surface area (Å²) in [4.78, 5) is 13.7. The smallest absolute Gasteiger partial charge is 0.343 e. The molecular formula is C28H29NO4. The maximum Gasteiger partial charge on any atom is 0.343 e. The average Bonchev–Trinajstić information content (AvgIpc) is 3.25. The number of nitrogens with zero attached hydrogens (tertiary/aromatic N) is 1. The Balaban J connectivity index is 1.19. The normalized spacial score (nSPS) is 17.2. The Kier molecular flexibility index (Phi) is 6.31. The Labute approximate surface area is 194 Å². The summed E-state index contributed by atoms with van der Waals surface area (Å²) in [7, 11) is 1.35. The number of hydrogen-bond donors (Lipinski definition) is 0. The summed E-state index contributed by atoms with van der Waals surface area (Å²) < 4.78 is 16.3. The molecule has 33 heavy (non-hydrogen) atoms. The van der Waals surface area contributed by atoms with E-state index in [-0.39, 0.29) is 12.7 Å². The van der Waals surface area contributed by atoms with E-state index in [1.54, 1.807) is 0 Å². The highest BCUT2D eigenvalue weighted by Crippen LogP contribution is 2.36. The van der Waals surface area contributed by atoms with Crippen LogP contribution >= 0.6 is 0 Å². The number of benzene rings is 3. The van der Waals surface area contributed by atoms with Gasteiger partial charge in [-0.15, -0.1) is 0 Å². The van der Waals surface area contributed by atoms with Crippen molar-refractivity contribution in [1.29, 1.82) is 0 Å². The molecule has 0 bridgehead atoms. The minimum Gasteiger partial charge on any atom is -0.486 e. The van der Waals surface area contributed by atoms with E-state index >= 15 is 0 Å². The molecule has 1 aliphatic carbocycles. The minimum absolute atomic E-state index is 0.0674. The predicted molar refractivity (Wildman–Crippen MR) is 126 cm³/mol. The Morgan fingerprint density at radius 2 is 1.73 bits per heavy atom. The zero-order valence-corrected chi connectivity index (χ0v) is 19.0. The molecule has 0 radical (unpaired) electrons. The van der Waals surface area contributed by atoms with Gasteiger partial charge in [-0.3, -0.25) is 4.90 Å². The lowest BCUT2D eigenvalue weighted by molar-refractivity contribution is -0.142. The summed E-state index contributed by atoms with van der Waals surface area (Å²) in [6.45, 7) is 3.02. The van der Waals surface area contributed by atoms with Gasteiger partial charge in [-0.1, -0.05) is 42.5 Å². The molecule has 0 saturated heterocycles. The van der Waals surface area contributed by atoms with Gasteiger partial charge in [0.1, 0.15) is 17.6 Å². The molecule has 0 N–H and O–H groups in total. The second kappa shape index (κ2) is 9.67. The molecule has 0 unspecified atom stereocenters. The number of esters is 1. The lowest BCUT2D eigenvalue weighted by Crippen LogP contribution is -2.30. The van der Waals surface area contributed by atoms with Gasteiger partial charge in [0.15, 0.2) is 6.61 Å². The molecule has 170 valence electrons. The summed E-state index contributed by atoms with van der Waals surface area (Å²) >= 11 is 0.